The van der Waals surface area contributed by atoms with E-state index in [1.165, 1.54) is 12.8 Å². The molecule has 2 saturated carbocycles. The SMILES string of the molecule is O=C(CC(O)C(=O)O)Oc1ccc2c3c1OC1C(OC(=O)Cc4ccccc4Nc4c(Cl)cccc4Cl)CC[C@@]4(O)[C@@H](C2)N(CC2CC2)CC[C@]314. The summed E-state index contributed by atoms with van der Waals surface area (Å²) in [5.74, 6) is -1.96. The Hall–Kier alpha value is -3.87. The van der Waals surface area contributed by atoms with Crippen molar-refractivity contribution < 1.29 is 43.9 Å². The predicted molar refractivity (Wildman–Crippen MR) is 187 cm³/mol. The highest BCUT2D eigenvalue weighted by atomic mass is 35.5. The van der Waals surface area contributed by atoms with Gasteiger partial charge in [-0.3, -0.25) is 14.5 Å². The van der Waals surface area contributed by atoms with E-state index in [0.717, 1.165) is 24.2 Å². The number of ether oxygens (including phenoxy) is 3. The van der Waals surface area contributed by atoms with Gasteiger partial charge in [0.05, 0.1) is 39.6 Å². The molecule has 11 nitrogen and oxygen atoms in total. The number of halogens is 2. The van der Waals surface area contributed by atoms with Crippen LogP contribution in [0.5, 0.6) is 11.5 Å². The lowest BCUT2D eigenvalue weighted by molar-refractivity contribution is -0.216. The van der Waals surface area contributed by atoms with Crippen molar-refractivity contribution in [1.29, 1.82) is 0 Å². The second-order valence-corrected chi connectivity index (χ2v) is 15.2. The van der Waals surface area contributed by atoms with Crippen LogP contribution in [0.15, 0.2) is 54.6 Å². The van der Waals surface area contributed by atoms with Gasteiger partial charge in [-0.1, -0.05) is 53.5 Å². The Balaban J connectivity index is 1.09. The lowest BCUT2D eigenvalue weighted by Gasteiger charge is -2.64. The second kappa shape index (κ2) is 13.0. The number of aliphatic hydroxyl groups is 2. The number of aliphatic hydroxyl groups excluding tert-OH is 1. The van der Waals surface area contributed by atoms with Gasteiger partial charge in [0, 0.05) is 23.8 Å². The fourth-order valence-electron chi connectivity index (χ4n) is 8.95. The molecule has 2 aliphatic heterocycles. The highest BCUT2D eigenvalue weighted by Gasteiger charge is 2.73. The van der Waals surface area contributed by atoms with Gasteiger partial charge in [-0.2, -0.15) is 0 Å². The van der Waals surface area contributed by atoms with Crippen LogP contribution in [-0.4, -0.2) is 81.2 Å². The lowest BCUT2D eigenvalue weighted by atomic mass is 9.48. The maximum Gasteiger partial charge on any atom is 0.333 e. The van der Waals surface area contributed by atoms with Crippen LogP contribution in [0.1, 0.15) is 55.2 Å². The van der Waals surface area contributed by atoms with Crippen LogP contribution in [0.3, 0.4) is 0 Å². The van der Waals surface area contributed by atoms with Crippen molar-refractivity contribution in [2.24, 2.45) is 5.92 Å². The molecule has 6 atom stereocenters. The quantitative estimate of drug-likeness (QED) is 0.152. The summed E-state index contributed by atoms with van der Waals surface area (Å²) in [6, 6.07) is 15.8. The van der Waals surface area contributed by atoms with Crippen LogP contribution in [0.4, 0.5) is 11.4 Å². The molecule has 5 aliphatic rings. The third kappa shape index (κ3) is 5.83. The van der Waals surface area contributed by atoms with Gasteiger partial charge in [0.15, 0.2) is 17.6 Å². The summed E-state index contributed by atoms with van der Waals surface area (Å²) in [6.45, 7) is 1.64. The maximum atomic E-state index is 13.8. The van der Waals surface area contributed by atoms with Gasteiger partial charge < -0.3 is 34.8 Å². The molecule has 2 bridgehead atoms. The van der Waals surface area contributed by atoms with Gasteiger partial charge in [-0.15, -0.1) is 0 Å². The molecule has 268 valence electrons. The van der Waals surface area contributed by atoms with Gasteiger partial charge in [-0.05, 0) is 86.4 Å². The number of carbonyl (C=O) groups excluding carboxylic acids is 2. The Bertz CT molecular complexity index is 1900. The van der Waals surface area contributed by atoms with Crippen LogP contribution in [0, 0.1) is 5.92 Å². The van der Waals surface area contributed by atoms with Crippen molar-refractivity contribution in [2.45, 2.75) is 86.7 Å². The summed E-state index contributed by atoms with van der Waals surface area (Å²) in [7, 11) is 0. The first kappa shape index (κ1) is 34.2. The third-order valence-electron chi connectivity index (χ3n) is 11.4. The number of hydrogen-bond acceptors (Lipinski definition) is 10. The van der Waals surface area contributed by atoms with Crippen molar-refractivity contribution in [1.82, 2.24) is 4.90 Å². The van der Waals surface area contributed by atoms with Crippen molar-refractivity contribution in [3.8, 4) is 11.5 Å². The molecule has 3 fully saturated rings. The van der Waals surface area contributed by atoms with Gasteiger partial charge in [-0.25, -0.2) is 4.79 Å². The number of nitrogens with one attached hydrogen (secondary N) is 1. The molecule has 2 heterocycles. The normalized spacial score (nSPS) is 27.9. The fourth-order valence-corrected chi connectivity index (χ4v) is 9.44. The highest BCUT2D eigenvalue weighted by Crippen LogP contribution is 2.66. The van der Waals surface area contributed by atoms with Crippen LogP contribution < -0.4 is 14.8 Å². The monoisotopic (exact) mass is 736 g/mol. The van der Waals surface area contributed by atoms with Crippen molar-refractivity contribution >= 4 is 52.5 Å². The van der Waals surface area contributed by atoms with Gasteiger partial charge in [0.2, 0.25) is 0 Å². The summed E-state index contributed by atoms with van der Waals surface area (Å²) in [5, 5.41) is 35.9. The minimum atomic E-state index is -1.92. The molecule has 3 unspecified atom stereocenters. The molecule has 3 aromatic rings. The number of nitrogens with zero attached hydrogens (tertiary/aromatic N) is 1. The number of piperidine rings is 1. The number of likely N-dealkylation sites (tertiary alicyclic amines) is 1. The molecule has 0 aromatic heterocycles. The van der Waals surface area contributed by atoms with E-state index in [-0.39, 0.29) is 24.0 Å². The van der Waals surface area contributed by atoms with Crippen molar-refractivity contribution in [3.63, 3.8) is 0 Å². The average Bonchev–Trinajstić information content (AvgIpc) is 3.83. The molecular formula is C38H38Cl2N2O9. The molecule has 8 rings (SSSR count). The lowest BCUT2D eigenvalue weighted by Crippen LogP contribution is -2.77. The number of rotatable bonds is 11. The van der Waals surface area contributed by atoms with E-state index in [0.29, 0.717) is 58.6 Å². The Morgan fingerprint density at radius 2 is 1.76 bits per heavy atom. The zero-order valence-electron chi connectivity index (χ0n) is 27.6. The third-order valence-corrected chi connectivity index (χ3v) is 12.0. The molecule has 3 aliphatic carbocycles. The number of para-hydroxylation sites is 2. The Morgan fingerprint density at radius 3 is 2.51 bits per heavy atom. The van der Waals surface area contributed by atoms with E-state index < -0.39 is 53.7 Å². The number of hydrogen-bond donors (Lipinski definition) is 4. The Morgan fingerprint density at radius 1 is 1.00 bits per heavy atom. The van der Waals surface area contributed by atoms with E-state index in [2.05, 4.69) is 10.2 Å². The summed E-state index contributed by atoms with van der Waals surface area (Å²) in [6.07, 6.45) is 0.0386. The molecule has 0 amide bonds. The largest absolute Gasteiger partial charge is 0.481 e. The molecule has 13 heteroatoms. The van der Waals surface area contributed by atoms with Crippen LogP contribution in [0.25, 0.3) is 0 Å². The number of esters is 2. The first-order valence-corrected chi connectivity index (χ1v) is 18.1. The standard InChI is InChI=1S/C38H38Cl2N2O9/c39-23-5-3-6-24(40)33(23)41-25-7-2-1-4-21(25)17-30(44)50-28-12-13-38(48)29-16-22-10-11-27(49-31(45)18-26(43)36(46)47)34-32(22)37(38,35(28)51-34)14-15-42(29)19-20-8-9-20/h1-7,10-11,20,26,28-29,35,41,43,48H,8-9,12-19H2,(H,46,47)/t26?,28?,29-,35?,37+,38-/m1/s1. The highest BCUT2D eigenvalue weighted by molar-refractivity contribution is 6.39. The summed E-state index contributed by atoms with van der Waals surface area (Å²) >= 11 is 12.8. The molecule has 0 radical (unpaired) electrons. The second-order valence-electron chi connectivity index (χ2n) is 14.4. The van der Waals surface area contributed by atoms with Crippen LogP contribution in [-0.2, 0) is 37.4 Å². The first-order valence-electron chi connectivity index (χ1n) is 17.4. The average molecular weight is 738 g/mol. The Kier molecular flexibility index (Phi) is 8.70. The molecule has 3 aromatic carbocycles. The molecule has 4 N–H and O–H groups in total. The van der Waals surface area contributed by atoms with E-state index in [1.54, 1.807) is 24.3 Å². The molecule has 51 heavy (non-hydrogen) atoms. The number of carboxylic acids is 1. The van der Waals surface area contributed by atoms with Gasteiger partial charge in [0.25, 0.3) is 0 Å². The summed E-state index contributed by atoms with van der Waals surface area (Å²) < 4.78 is 18.6. The molecular weight excluding hydrogens is 699 g/mol. The predicted octanol–water partition coefficient (Wildman–Crippen LogP) is 5.20. The number of carbonyl (C=O) groups is 3. The summed E-state index contributed by atoms with van der Waals surface area (Å²) in [4.78, 5) is 40.1. The minimum Gasteiger partial charge on any atom is -0.481 e. The summed E-state index contributed by atoms with van der Waals surface area (Å²) in [5.41, 5.74) is 1.44. The van der Waals surface area contributed by atoms with Crippen molar-refractivity contribution in [2.75, 3.05) is 18.4 Å². The first-order chi connectivity index (χ1) is 24.5. The maximum absolute atomic E-state index is 13.8. The number of aliphatic carboxylic acids is 1. The number of benzene rings is 3. The van der Waals surface area contributed by atoms with Gasteiger partial charge in [0.1, 0.15) is 12.2 Å². The Labute approximate surface area is 304 Å². The topological polar surface area (TPSA) is 155 Å². The smallest absolute Gasteiger partial charge is 0.333 e. The minimum absolute atomic E-state index is 0.0590. The zero-order chi connectivity index (χ0) is 35.7. The van der Waals surface area contributed by atoms with E-state index in [4.69, 9.17) is 42.5 Å². The van der Waals surface area contributed by atoms with E-state index in [1.807, 2.05) is 30.3 Å². The van der Waals surface area contributed by atoms with Gasteiger partial charge >= 0.3 is 17.9 Å². The fraction of sp³-hybridized carbons (Fsp3) is 0.447. The van der Waals surface area contributed by atoms with E-state index >= 15 is 0 Å². The van der Waals surface area contributed by atoms with Crippen LogP contribution >= 0.6 is 23.2 Å². The number of anilines is 2. The van der Waals surface area contributed by atoms with Crippen LogP contribution in [0.2, 0.25) is 10.0 Å². The van der Waals surface area contributed by atoms with Crippen molar-refractivity contribution in [3.05, 3.63) is 81.3 Å². The zero-order valence-corrected chi connectivity index (χ0v) is 29.2. The number of carboxylic acid groups (broad SMARTS) is 1. The van der Waals surface area contributed by atoms with E-state index in [9.17, 15) is 24.6 Å². The molecule has 1 saturated heterocycles. The molecule has 1 spiro atoms.